The van der Waals surface area contributed by atoms with Crippen LogP contribution in [0.3, 0.4) is 0 Å². The molecule has 1 aliphatic rings. The third-order valence-electron chi connectivity index (χ3n) is 5.16. The lowest BCUT2D eigenvalue weighted by Gasteiger charge is -2.25. The highest BCUT2D eigenvalue weighted by Gasteiger charge is 2.27. The molecule has 9 heteroatoms. The monoisotopic (exact) mass is 444 g/mol. The normalized spacial score (nSPS) is 14.7. The molecule has 0 spiro atoms. The quantitative estimate of drug-likeness (QED) is 0.662. The zero-order valence-corrected chi connectivity index (χ0v) is 18.9. The highest BCUT2D eigenvalue weighted by atomic mass is 32.2. The molecule has 1 fully saturated rings. The number of piperidine rings is 1. The van der Waals surface area contributed by atoms with Gasteiger partial charge in [0.1, 0.15) is 12.3 Å². The van der Waals surface area contributed by atoms with Crippen LogP contribution in [0.25, 0.3) is 0 Å². The van der Waals surface area contributed by atoms with Crippen LogP contribution in [-0.2, 0) is 14.8 Å². The Bertz CT molecular complexity index is 1020. The number of rotatable bonds is 7. The maximum Gasteiger partial charge on any atom is 0.264 e. The molecule has 0 aliphatic carbocycles. The molecule has 3 rings (SSSR count). The number of likely N-dealkylation sites (tertiary alicyclic amines) is 1. The molecule has 2 aromatic carbocycles. The van der Waals surface area contributed by atoms with Crippen molar-refractivity contribution in [2.24, 2.45) is 5.10 Å². The van der Waals surface area contributed by atoms with Crippen molar-refractivity contribution >= 4 is 27.3 Å². The number of benzene rings is 2. The van der Waals surface area contributed by atoms with Crippen LogP contribution in [0.5, 0.6) is 5.75 Å². The number of hydrogen-bond donors (Lipinski definition) is 1. The minimum atomic E-state index is -3.96. The zero-order valence-electron chi connectivity index (χ0n) is 18.0. The summed E-state index contributed by atoms with van der Waals surface area (Å²) < 4.78 is 32.9. The molecule has 1 amide bonds. The number of sulfonamides is 1. The van der Waals surface area contributed by atoms with Crippen molar-refractivity contribution in [2.75, 3.05) is 38.1 Å². The second-order valence-corrected chi connectivity index (χ2v) is 9.40. The van der Waals surface area contributed by atoms with Gasteiger partial charge in [-0.15, -0.1) is 0 Å². The van der Waals surface area contributed by atoms with Crippen molar-refractivity contribution in [1.82, 2.24) is 10.3 Å². The van der Waals surface area contributed by atoms with Gasteiger partial charge in [0.15, 0.2) is 0 Å². The van der Waals surface area contributed by atoms with E-state index in [1.807, 2.05) is 14.0 Å². The summed E-state index contributed by atoms with van der Waals surface area (Å²) >= 11 is 0. The summed E-state index contributed by atoms with van der Waals surface area (Å²) in [5.41, 5.74) is 4.74. The summed E-state index contributed by atoms with van der Waals surface area (Å²) in [6.07, 6.45) is 1.56. The van der Waals surface area contributed by atoms with Gasteiger partial charge in [0.2, 0.25) is 0 Å². The van der Waals surface area contributed by atoms with Gasteiger partial charge in [-0.25, -0.2) is 13.8 Å². The summed E-state index contributed by atoms with van der Waals surface area (Å²) in [7, 11) is -0.387. The first kappa shape index (κ1) is 22.8. The number of amides is 1. The molecule has 0 unspecified atom stereocenters. The van der Waals surface area contributed by atoms with Crippen molar-refractivity contribution < 1.29 is 17.9 Å². The Balaban J connectivity index is 1.84. The van der Waals surface area contributed by atoms with Crippen molar-refractivity contribution in [3.63, 3.8) is 0 Å². The molecule has 0 radical (unpaired) electrons. The minimum Gasteiger partial charge on any atom is -0.497 e. The van der Waals surface area contributed by atoms with Gasteiger partial charge < -0.3 is 9.64 Å². The second kappa shape index (κ2) is 9.93. The molecule has 1 heterocycles. The Hall–Kier alpha value is -2.91. The van der Waals surface area contributed by atoms with Crippen molar-refractivity contribution in [3.05, 3.63) is 54.1 Å². The average molecular weight is 445 g/mol. The molecule has 0 aromatic heterocycles. The number of nitrogens with one attached hydrogen (secondary N) is 1. The van der Waals surface area contributed by atoms with Gasteiger partial charge in [-0.2, -0.15) is 5.10 Å². The fraction of sp³-hybridized carbons (Fsp3) is 0.364. The molecule has 31 heavy (non-hydrogen) atoms. The van der Waals surface area contributed by atoms with E-state index in [0.717, 1.165) is 41.5 Å². The largest absolute Gasteiger partial charge is 0.497 e. The Morgan fingerprint density at radius 2 is 1.71 bits per heavy atom. The Labute approximate surface area is 183 Å². The van der Waals surface area contributed by atoms with Crippen LogP contribution in [0.2, 0.25) is 0 Å². The smallest absolute Gasteiger partial charge is 0.264 e. The van der Waals surface area contributed by atoms with Crippen LogP contribution >= 0.6 is 0 Å². The molecule has 0 bridgehead atoms. The molecule has 1 saturated heterocycles. The van der Waals surface area contributed by atoms with E-state index >= 15 is 0 Å². The highest BCUT2D eigenvalue weighted by molar-refractivity contribution is 7.92. The molecule has 166 valence electrons. The van der Waals surface area contributed by atoms with Crippen LogP contribution in [0.4, 0.5) is 5.69 Å². The predicted molar refractivity (Wildman–Crippen MR) is 121 cm³/mol. The number of carbonyl (C=O) groups excluding carboxylic acids is 1. The summed E-state index contributed by atoms with van der Waals surface area (Å²) in [4.78, 5) is 14.9. The van der Waals surface area contributed by atoms with Gasteiger partial charge in [-0.05, 0) is 50.4 Å². The average Bonchev–Trinajstić information content (AvgIpc) is 2.77. The van der Waals surface area contributed by atoms with E-state index in [4.69, 9.17) is 4.74 Å². The first-order valence-electron chi connectivity index (χ1n) is 10.1. The van der Waals surface area contributed by atoms with Crippen LogP contribution in [0, 0.1) is 6.92 Å². The predicted octanol–water partition coefficient (Wildman–Crippen LogP) is 2.40. The molecular formula is C22H28N4O4S. The van der Waals surface area contributed by atoms with E-state index in [2.05, 4.69) is 15.4 Å². The molecule has 1 N–H and O–H groups in total. The number of hydrogen-bond acceptors (Lipinski definition) is 6. The van der Waals surface area contributed by atoms with E-state index in [0.29, 0.717) is 11.4 Å². The summed E-state index contributed by atoms with van der Waals surface area (Å²) in [6.45, 7) is 3.26. The third kappa shape index (κ3) is 5.83. The van der Waals surface area contributed by atoms with Gasteiger partial charge in [-0.1, -0.05) is 17.7 Å². The zero-order chi connectivity index (χ0) is 22.4. The fourth-order valence-electron chi connectivity index (χ4n) is 3.20. The van der Waals surface area contributed by atoms with Gasteiger partial charge in [-0.3, -0.25) is 9.10 Å². The van der Waals surface area contributed by atoms with Crippen molar-refractivity contribution in [2.45, 2.75) is 24.7 Å². The minimum absolute atomic E-state index is 0.114. The lowest BCUT2D eigenvalue weighted by Crippen LogP contribution is -2.40. The van der Waals surface area contributed by atoms with Crippen LogP contribution in [-0.4, -0.2) is 58.7 Å². The van der Waals surface area contributed by atoms with Crippen molar-refractivity contribution in [1.29, 1.82) is 0 Å². The van der Waals surface area contributed by atoms with E-state index in [1.54, 1.807) is 36.4 Å². The summed E-state index contributed by atoms with van der Waals surface area (Å²) in [5.74, 6) is 0.0903. The number of anilines is 1. The topological polar surface area (TPSA) is 91.3 Å². The summed E-state index contributed by atoms with van der Waals surface area (Å²) in [5, 5.41) is 4.21. The fourth-order valence-corrected chi connectivity index (χ4v) is 4.62. The molecule has 1 aliphatic heterocycles. The van der Waals surface area contributed by atoms with E-state index < -0.39 is 15.9 Å². The lowest BCUT2D eigenvalue weighted by atomic mass is 10.1. The van der Waals surface area contributed by atoms with Crippen LogP contribution < -0.4 is 14.5 Å². The molecule has 0 saturated carbocycles. The van der Waals surface area contributed by atoms with E-state index in [-0.39, 0.29) is 11.4 Å². The van der Waals surface area contributed by atoms with Crippen molar-refractivity contribution in [3.8, 4) is 5.75 Å². The number of ether oxygens (including phenoxy) is 1. The number of aryl methyl sites for hydroxylation is 1. The van der Waals surface area contributed by atoms with E-state index in [9.17, 15) is 13.2 Å². The number of hydrazone groups is 1. The molecule has 8 nitrogen and oxygen atoms in total. The molecule has 0 atom stereocenters. The lowest BCUT2D eigenvalue weighted by molar-refractivity contribution is -0.119. The van der Waals surface area contributed by atoms with Gasteiger partial charge in [0.05, 0.1) is 17.7 Å². The first-order chi connectivity index (χ1) is 14.8. The Kier molecular flexibility index (Phi) is 7.29. The number of nitrogens with zero attached hydrogens (tertiary/aromatic N) is 3. The standard InChI is InChI=1S/C22H28N4O4S/c1-17-4-10-21(11-5-17)31(28,29)26(19-6-8-20(30-3)9-7-19)16-22(27)24-23-18-12-14-25(2)15-13-18/h4-11H,12-16H2,1-3H3,(H,24,27). The van der Waals surface area contributed by atoms with Gasteiger partial charge in [0, 0.05) is 31.6 Å². The van der Waals surface area contributed by atoms with Crippen LogP contribution in [0.1, 0.15) is 18.4 Å². The molecule has 2 aromatic rings. The summed E-state index contributed by atoms with van der Waals surface area (Å²) in [6, 6.07) is 13.1. The second-order valence-electron chi connectivity index (χ2n) is 7.54. The third-order valence-corrected chi connectivity index (χ3v) is 6.95. The van der Waals surface area contributed by atoms with Gasteiger partial charge in [0.25, 0.3) is 15.9 Å². The van der Waals surface area contributed by atoms with Crippen LogP contribution in [0.15, 0.2) is 58.5 Å². The number of carbonyl (C=O) groups is 1. The SMILES string of the molecule is COc1ccc(N(CC(=O)NN=C2CCN(C)CC2)S(=O)(=O)c2ccc(C)cc2)cc1. The Morgan fingerprint density at radius 1 is 1.10 bits per heavy atom. The highest BCUT2D eigenvalue weighted by Crippen LogP contribution is 2.26. The Morgan fingerprint density at radius 3 is 2.29 bits per heavy atom. The maximum absolute atomic E-state index is 13.3. The van der Waals surface area contributed by atoms with E-state index in [1.165, 1.54) is 19.2 Å². The first-order valence-corrected chi connectivity index (χ1v) is 11.5. The number of methoxy groups -OCH3 is 1. The maximum atomic E-state index is 13.3. The van der Waals surface area contributed by atoms with Gasteiger partial charge >= 0.3 is 0 Å². The molecular weight excluding hydrogens is 416 g/mol.